The Bertz CT molecular complexity index is 410. The third-order valence-corrected chi connectivity index (χ3v) is 3.92. The summed E-state index contributed by atoms with van der Waals surface area (Å²) in [6, 6.07) is 0. The summed E-state index contributed by atoms with van der Waals surface area (Å²) >= 11 is 3.42. The van der Waals surface area contributed by atoms with Gasteiger partial charge in [0.2, 0.25) is 0 Å². The molecule has 17 heavy (non-hydrogen) atoms. The minimum Gasteiger partial charge on any atom is -0.390 e. The van der Waals surface area contributed by atoms with Crippen LogP contribution in [0.3, 0.4) is 0 Å². The smallest absolute Gasteiger partial charge is 0.148 e. The van der Waals surface area contributed by atoms with Gasteiger partial charge in [0.05, 0.1) is 5.60 Å². The first-order chi connectivity index (χ1) is 7.99. The zero-order valence-corrected chi connectivity index (χ0v) is 11.4. The molecule has 1 saturated heterocycles. The van der Waals surface area contributed by atoms with Gasteiger partial charge in [0.1, 0.15) is 22.4 Å². The fourth-order valence-corrected chi connectivity index (χ4v) is 2.52. The van der Waals surface area contributed by atoms with E-state index in [0.29, 0.717) is 5.82 Å². The Morgan fingerprint density at radius 1 is 1.41 bits per heavy atom. The van der Waals surface area contributed by atoms with Crippen LogP contribution in [0.25, 0.3) is 0 Å². The van der Waals surface area contributed by atoms with E-state index in [1.165, 1.54) is 6.33 Å². The molecule has 0 aromatic carbocycles. The summed E-state index contributed by atoms with van der Waals surface area (Å²) in [6.45, 7) is 3.55. The summed E-state index contributed by atoms with van der Waals surface area (Å²) in [6.07, 6.45) is 3.98. The van der Waals surface area contributed by atoms with Crippen molar-refractivity contribution >= 4 is 27.6 Å². The van der Waals surface area contributed by atoms with E-state index < -0.39 is 5.60 Å². The highest BCUT2D eigenvalue weighted by molar-refractivity contribution is 9.10. The molecule has 1 fully saturated rings. The van der Waals surface area contributed by atoms with Crippen molar-refractivity contribution in [2.24, 2.45) is 0 Å². The van der Waals surface area contributed by atoms with Gasteiger partial charge < -0.3 is 15.7 Å². The predicted molar refractivity (Wildman–Crippen MR) is 70.8 cm³/mol. The molecule has 0 saturated carbocycles. The van der Waals surface area contributed by atoms with Crippen molar-refractivity contribution in [1.82, 2.24) is 9.97 Å². The molecule has 1 atom stereocenters. The van der Waals surface area contributed by atoms with Crippen molar-refractivity contribution in [3.63, 3.8) is 0 Å². The molecule has 3 N–H and O–H groups in total. The zero-order chi connectivity index (χ0) is 12.5. The van der Waals surface area contributed by atoms with Crippen molar-refractivity contribution in [1.29, 1.82) is 0 Å². The van der Waals surface area contributed by atoms with Crippen LogP contribution in [0.4, 0.5) is 11.6 Å². The van der Waals surface area contributed by atoms with Crippen LogP contribution in [-0.2, 0) is 0 Å². The Morgan fingerprint density at radius 3 is 2.94 bits per heavy atom. The number of rotatable bonds is 1. The Hall–Kier alpha value is -0.880. The van der Waals surface area contributed by atoms with E-state index in [2.05, 4.69) is 30.8 Å². The first kappa shape index (κ1) is 12.6. The summed E-state index contributed by atoms with van der Waals surface area (Å²) in [5.41, 5.74) is 5.18. The average Bonchev–Trinajstić information content (AvgIpc) is 2.44. The fourth-order valence-electron chi connectivity index (χ4n) is 2.07. The third-order valence-electron chi connectivity index (χ3n) is 3.16. The van der Waals surface area contributed by atoms with Gasteiger partial charge in [-0.1, -0.05) is 0 Å². The van der Waals surface area contributed by atoms with E-state index in [9.17, 15) is 5.11 Å². The minimum absolute atomic E-state index is 0.450. The van der Waals surface area contributed by atoms with Crippen LogP contribution in [-0.4, -0.2) is 33.8 Å². The number of hydrogen-bond acceptors (Lipinski definition) is 5. The van der Waals surface area contributed by atoms with E-state index in [1.54, 1.807) is 0 Å². The Morgan fingerprint density at radius 2 is 2.18 bits per heavy atom. The van der Waals surface area contributed by atoms with Gasteiger partial charge in [0.15, 0.2) is 0 Å². The maximum absolute atomic E-state index is 10.0. The summed E-state index contributed by atoms with van der Waals surface area (Å²) in [5, 5.41) is 10.0. The lowest BCUT2D eigenvalue weighted by molar-refractivity contribution is 0.0481. The van der Waals surface area contributed by atoms with E-state index in [-0.39, 0.29) is 0 Å². The van der Waals surface area contributed by atoms with E-state index in [4.69, 9.17) is 5.73 Å². The second-order valence-electron chi connectivity index (χ2n) is 4.73. The van der Waals surface area contributed by atoms with Gasteiger partial charge >= 0.3 is 0 Å². The molecule has 5 nitrogen and oxygen atoms in total. The Kier molecular flexibility index (Phi) is 3.53. The van der Waals surface area contributed by atoms with Crippen molar-refractivity contribution in [2.45, 2.75) is 31.8 Å². The highest BCUT2D eigenvalue weighted by atomic mass is 79.9. The quantitative estimate of drug-likeness (QED) is 0.823. The van der Waals surface area contributed by atoms with E-state index in [0.717, 1.165) is 42.6 Å². The van der Waals surface area contributed by atoms with E-state index in [1.807, 2.05) is 6.92 Å². The topological polar surface area (TPSA) is 75.3 Å². The molecule has 0 spiro atoms. The highest BCUT2D eigenvalue weighted by Crippen LogP contribution is 2.30. The lowest BCUT2D eigenvalue weighted by atomic mass is 9.98. The second-order valence-corrected chi connectivity index (χ2v) is 5.53. The molecule has 0 bridgehead atoms. The van der Waals surface area contributed by atoms with Crippen LogP contribution in [0, 0.1) is 0 Å². The van der Waals surface area contributed by atoms with Gasteiger partial charge in [-0.25, -0.2) is 9.97 Å². The molecule has 6 heteroatoms. The van der Waals surface area contributed by atoms with Gasteiger partial charge in [-0.15, -0.1) is 0 Å². The molecule has 94 valence electrons. The van der Waals surface area contributed by atoms with Crippen molar-refractivity contribution in [2.75, 3.05) is 23.7 Å². The third kappa shape index (κ3) is 2.87. The van der Waals surface area contributed by atoms with Crippen LogP contribution < -0.4 is 10.6 Å². The Balaban J connectivity index is 2.20. The SMILES string of the molecule is CC1(O)CCCN(c2ncnc(N)c2Br)CC1. The molecule has 0 aliphatic carbocycles. The van der Waals surface area contributed by atoms with Crippen molar-refractivity contribution in [3.05, 3.63) is 10.8 Å². The molecule has 1 aliphatic rings. The number of aliphatic hydroxyl groups is 1. The second kappa shape index (κ2) is 4.78. The largest absolute Gasteiger partial charge is 0.390 e. The van der Waals surface area contributed by atoms with Crippen LogP contribution >= 0.6 is 15.9 Å². The molecule has 0 amide bonds. The highest BCUT2D eigenvalue weighted by Gasteiger charge is 2.26. The predicted octanol–water partition coefficient (Wildman–Crippen LogP) is 1.56. The molecule has 0 radical (unpaired) electrons. The molecular weight excluding hydrogens is 284 g/mol. The number of nitrogen functional groups attached to an aromatic ring is 1. The summed E-state index contributed by atoms with van der Waals surface area (Å²) < 4.78 is 0.738. The number of nitrogens with zero attached hydrogens (tertiary/aromatic N) is 3. The molecular formula is C11H17BrN4O. The van der Waals surface area contributed by atoms with Crippen molar-refractivity contribution < 1.29 is 5.11 Å². The normalized spacial score (nSPS) is 25.7. The molecule has 2 rings (SSSR count). The van der Waals surface area contributed by atoms with Crippen LogP contribution in [0.15, 0.2) is 10.8 Å². The lowest BCUT2D eigenvalue weighted by Crippen LogP contribution is -2.29. The number of aromatic nitrogens is 2. The number of hydrogen-bond donors (Lipinski definition) is 2. The standard InChI is InChI=1S/C11H17BrN4O/c1-11(17)3-2-5-16(6-4-11)10-8(12)9(13)14-7-15-10/h7,17H,2-6H2,1H3,(H2,13,14,15). The molecule has 1 aliphatic heterocycles. The Labute approximate surface area is 109 Å². The summed E-state index contributed by atoms with van der Waals surface area (Å²) in [4.78, 5) is 10.3. The van der Waals surface area contributed by atoms with E-state index >= 15 is 0 Å². The summed E-state index contributed by atoms with van der Waals surface area (Å²) in [5.74, 6) is 1.27. The van der Waals surface area contributed by atoms with Crippen LogP contribution in [0.1, 0.15) is 26.2 Å². The first-order valence-electron chi connectivity index (χ1n) is 5.73. The minimum atomic E-state index is -0.570. The van der Waals surface area contributed by atoms with Gasteiger partial charge in [-0.2, -0.15) is 0 Å². The van der Waals surface area contributed by atoms with Gasteiger partial charge in [0, 0.05) is 13.1 Å². The molecule has 1 aromatic heterocycles. The van der Waals surface area contributed by atoms with Crippen molar-refractivity contribution in [3.8, 4) is 0 Å². The number of anilines is 2. The molecule has 1 unspecified atom stereocenters. The van der Waals surface area contributed by atoms with Gasteiger partial charge in [0.25, 0.3) is 0 Å². The van der Waals surface area contributed by atoms with Gasteiger partial charge in [-0.05, 0) is 42.1 Å². The number of halogens is 1. The zero-order valence-electron chi connectivity index (χ0n) is 9.86. The molecule has 2 heterocycles. The van der Waals surface area contributed by atoms with Crippen LogP contribution in [0.5, 0.6) is 0 Å². The average molecular weight is 301 g/mol. The molecule has 1 aromatic rings. The fraction of sp³-hybridized carbons (Fsp3) is 0.636. The number of nitrogens with two attached hydrogens (primary N) is 1. The maximum atomic E-state index is 10.0. The van der Waals surface area contributed by atoms with Gasteiger partial charge in [-0.3, -0.25) is 0 Å². The maximum Gasteiger partial charge on any atom is 0.148 e. The lowest BCUT2D eigenvalue weighted by Gasteiger charge is -2.24. The monoisotopic (exact) mass is 300 g/mol. The van der Waals surface area contributed by atoms with Crippen LogP contribution in [0.2, 0.25) is 0 Å². The summed E-state index contributed by atoms with van der Waals surface area (Å²) in [7, 11) is 0. The first-order valence-corrected chi connectivity index (χ1v) is 6.52.